The molecule has 2 heterocycles. The van der Waals surface area contributed by atoms with Crippen molar-refractivity contribution in [2.75, 3.05) is 26.2 Å². The molecule has 4 heteroatoms. The maximum Gasteiger partial charge on any atom is 0.0931 e. The minimum Gasteiger partial charge on any atom is -0.316 e. The normalized spacial score (nSPS) is 21.8. The molecule has 1 N–H and O–H groups in total. The van der Waals surface area contributed by atoms with Gasteiger partial charge in [0.25, 0.3) is 0 Å². The Morgan fingerprint density at radius 1 is 1.58 bits per heavy atom. The second-order valence-electron chi connectivity index (χ2n) is 5.57. The lowest BCUT2D eigenvalue weighted by molar-refractivity contribution is 0.163. The Kier molecular flexibility index (Phi) is 6.14. The van der Waals surface area contributed by atoms with Crippen molar-refractivity contribution in [2.24, 2.45) is 5.92 Å². The van der Waals surface area contributed by atoms with E-state index in [0.29, 0.717) is 6.04 Å². The molecule has 0 radical (unpaired) electrons. The molecule has 1 saturated heterocycles. The summed E-state index contributed by atoms with van der Waals surface area (Å²) in [5, 5.41) is 5.72. The molecule has 1 aliphatic rings. The van der Waals surface area contributed by atoms with Gasteiger partial charge >= 0.3 is 0 Å². The van der Waals surface area contributed by atoms with Crippen molar-refractivity contribution >= 4 is 22.9 Å². The fourth-order valence-electron chi connectivity index (χ4n) is 2.90. The molecule has 2 unspecified atom stereocenters. The SMILES string of the molecule is CCCN(CC1CCCNC1)C(C)c1csc(Cl)c1. The van der Waals surface area contributed by atoms with Crippen LogP contribution in [0.2, 0.25) is 4.34 Å². The van der Waals surface area contributed by atoms with E-state index in [-0.39, 0.29) is 0 Å². The topological polar surface area (TPSA) is 15.3 Å². The fraction of sp³-hybridized carbons (Fsp3) is 0.733. The standard InChI is InChI=1S/C15H25ClN2S/c1-3-7-18(10-13-5-4-6-17-9-13)12(2)14-8-15(16)19-11-14/h8,11-13,17H,3-7,9-10H2,1-2H3. The van der Waals surface area contributed by atoms with Gasteiger partial charge in [0.15, 0.2) is 0 Å². The molecule has 1 fully saturated rings. The lowest BCUT2D eigenvalue weighted by Gasteiger charge is -2.34. The Morgan fingerprint density at radius 2 is 2.42 bits per heavy atom. The Hall–Kier alpha value is -0.0900. The second-order valence-corrected chi connectivity index (χ2v) is 7.11. The van der Waals surface area contributed by atoms with Crippen LogP contribution in [0, 0.1) is 5.92 Å². The molecule has 0 saturated carbocycles. The Labute approximate surface area is 126 Å². The molecular weight excluding hydrogens is 276 g/mol. The molecule has 2 rings (SSSR count). The Balaban J connectivity index is 1.97. The lowest BCUT2D eigenvalue weighted by atomic mass is 9.97. The molecule has 19 heavy (non-hydrogen) atoms. The summed E-state index contributed by atoms with van der Waals surface area (Å²) >= 11 is 7.71. The predicted octanol–water partition coefficient (Wildman–Crippen LogP) is 4.17. The van der Waals surface area contributed by atoms with Crippen LogP contribution in [0.25, 0.3) is 0 Å². The molecule has 2 nitrogen and oxygen atoms in total. The van der Waals surface area contributed by atoms with Crippen LogP contribution in [0.15, 0.2) is 11.4 Å². The summed E-state index contributed by atoms with van der Waals surface area (Å²) in [4.78, 5) is 2.62. The van der Waals surface area contributed by atoms with Crippen LogP contribution < -0.4 is 5.32 Å². The van der Waals surface area contributed by atoms with Crippen LogP contribution in [0.3, 0.4) is 0 Å². The van der Waals surface area contributed by atoms with Gasteiger partial charge in [0.1, 0.15) is 0 Å². The summed E-state index contributed by atoms with van der Waals surface area (Å²) in [5.41, 5.74) is 1.37. The number of nitrogens with one attached hydrogen (secondary N) is 1. The first-order valence-electron chi connectivity index (χ1n) is 7.39. The number of nitrogens with zero attached hydrogens (tertiary/aromatic N) is 1. The zero-order valence-corrected chi connectivity index (χ0v) is 13.6. The van der Waals surface area contributed by atoms with Gasteiger partial charge in [-0.15, -0.1) is 11.3 Å². The van der Waals surface area contributed by atoms with Gasteiger partial charge in [-0.2, -0.15) is 0 Å². The van der Waals surface area contributed by atoms with Crippen molar-refractivity contribution < 1.29 is 0 Å². The summed E-state index contributed by atoms with van der Waals surface area (Å²) in [5.74, 6) is 0.803. The van der Waals surface area contributed by atoms with Gasteiger partial charge in [-0.3, -0.25) is 4.90 Å². The quantitative estimate of drug-likeness (QED) is 0.848. The maximum absolute atomic E-state index is 6.07. The van der Waals surface area contributed by atoms with E-state index in [0.717, 1.165) is 10.3 Å². The largest absolute Gasteiger partial charge is 0.316 e. The second kappa shape index (κ2) is 7.63. The minimum atomic E-state index is 0.477. The van der Waals surface area contributed by atoms with Crippen LogP contribution in [0.5, 0.6) is 0 Å². The van der Waals surface area contributed by atoms with Crippen molar-refractivity contribution in [2.45, 2.75) is 39.2 Å². The monoisotopic (exact) mass is 300 g/mol. The van der Waals surface area contributed by atoms with E-state index in [1.807, 2.05) is 0 Å². The van der Waals surface area contributed by atoms with Crippen molar-refractivity contribution in [1.29, 1.82) is 0 Å². The summed E-state index contributed by atoms with van der Waals surface area (Å²) in [6.07, 6.45) is 3.90. The van der Waals surface area contributed by atoms with Gasteiger partial charge in [-0.25, -0.2) is 0 Å². The zero-order valence-electron chi connectivity index (χ0n) is 12.0. The number of hydrogen-bond donors (Lipinski definition) is 1. The highest BCUT2D eigenvalue weighted by Gasteiger charge is 2.21. The summed E-state index contributed by atoms with van der Waals surface area (Å²) < 4.78 is 0.901. The number of hydrogen-bond acceptors (Lipinski definition) is 3. The number of rotatable bonds is 6. The third-order valence-corrected chi connectivity index (χ3v) is 5.13. The molecule has 0 aliphatic carbocycles. The first-order chi connectivity index (χ1) is 9.20. The van der Waals surface area contributed by atoms with Gasteiger partial charge < -0.3 is 5.32 Å². The molecule has 1 aromatic heterocycles. The van der Waals surface area contributed by atoms with Crippen molar-refractivity contribution in [3.05, 3.63) is 21.3 Å². The highest BCUT2D eigenvalue weighted by atomic mass is 35.5. The van der Waals surface area contributed by atoms with E-state index in [1.165, 1.54) is 51.0 Å². The van der Waals surface area contributed by atoms with Crippen LogP contribution in [0.1, 0.15) is 44.7 Å². The van der Waals surface area contributed by atoms with E-state index in [4.69, 9.17) is 11.6 Å². The van der Waals surface area contributed by atoms with E-state index >= 15 is 0 Å². The predicted molar refractivity (Wildman–Crippen MR) is 85.2 cm³/mol. The summed E-state index contributed by atoms with van der Waals surface area (Å²) in [7, 11) is 0. The van der Waals surface area contributed by atoms with E-state index < -0.39 is 0 Å². The Morgan fingerprint density at radius 3 is 3.00 bits per heavy atom. The summed E-state index contributed by atoms with van der Waals surface area (Å²) in [6.45, 7) is 9.32. The van der Waals surface area contributed by atoms with E-state index in [1.54, 1.807) is 11.3 Å². The molecule has 0 spiro atoms. The molecular formula is C15H25ClN2S. The lowest BCUT2D eigenvalue weighted by Crippen LogP contribution is -2.39. The number of piperidine rings is 1. The van der Waals surface area contributed by atoms with E-state index in [9.17, 15) is 0 Å². The molecule has 1 aromatic rings. The van der Waals surface area contributed by atoms with Crippen LogP contribution >= 0.6 is 22.9 Å². The third kappa shape index (κ3) is 4.45. The van der Waals surface area contributed by atoms with Gasteiger partial charge in [-0.1, -0.05) is 18.5 Å². The van der Waals surface area contributed by atoms with Crippen molar-refractivity contribution in [3.8, 4) is 0 Å². The molecule has 2 atom stereocenters. The molecule has 1 aliphatic heterocycles. The van der Waals surface area contributed by atoms with Gasteiger partial charge in [0.05, 0.1) is 4.34 Å². The molecule has 0 aromatic carbocycles. The van der Waals surface area contributed by atoms with Crippen LogP contribution in [-0.2, 0) is 0 Å². The molecule has 0 bridgehead atoms. The maximum atomic E-state index is 6.07. The third-order valence-electron chi connectivity index (χ3n) is 4.02. The summed E-state index contributed by atoms with van der Waals surface area (Å²) in [6, 6.07) is 2.60. The van der Waals surface area contributed by atoms with E-state index in [2.05, 4.69) is 35.5 Å². The highest BCUT2D eigenvalue weighted by Crippen LogP contribution is 2.29. The number of halogens is 1. The average Bonchev–Trinajstić information content (AvgIpc) is 2.85. The average molecular weight is 301 g/mol. The Bertz CT molecular complexity index is 374. The molecule has 108 valence electrons. The van der Waals surface area contributed by atoms with Crippen molar-refractivity contribution in [1.82, 2.24) is 10.2 Å². The van der Waals surface area contributed by atoms with Gasteiger partial charge in [0.2, 0.25) is 0 Å². The zero-order chi connectivity index (χ0) is 13.7. The smallest absolute Gasteiger partial charge is 0.0931 e. The first kappa shape index (κ1) is 15.3. The van der Waals surface area contributed by atoms with Crippen LogP contribution in [0.4, 0.5) is 0 Å². The van der Waals surface area contributed by atoms with Gasteiger partial charge in [-0.05, 0) is 68.7 Å². The number of thiophene rings is 1. The van der Waals surface area contributed by atoms with Gasteiger partial charge in [0, 0.05) is 12.6 Å². The first-order valence-corrected chi connectivity index (χ1v) is 8.65. The minimum absolute atomic E-state index is 0.477. The fourth-order valence-corrected chi connectivity index (χ4v) is 3.87. The van der Waals surface area contributed by atoms with Crippen LogP contribution in [-0.4, -0.2) is 31.1 Å². The highest BCUT2D eigenvalue weighted by molar-refractivity contribution is 7.14. The van der Waals surface area contributed by atoms with Crippen molar-refractivity contribution in [3.63, 3.8) is 0 Å². The molecule has 0 amide bonds.